The number of hydrogen-bond donors (Lipinski definition) is 1. The second kappa shape index (κ2) is 18.4. The zero-order chi connectivity index (χ0) is 18.6. The maximum Gasteiger partial charge on any atom is 0.305 e. The van der Waals surface area contributed by atoms with E-state index < -0.39 is 0 Å². The van der Waals surface area contributed by atoms with E-state index in [1.165, 1.54) is 7.11 Å². The molecule has 0 aliphatic carbocycles. The van der Waals surface area contributed by atoms with Crippen LogP contribution in [-0.2, 0) is 14.4 Å². The molecule has 0 aromatic carbocycles. The molecule has 0 aliphatic rings. The molecule has 0 saturated heterocycles. The minimum absolute atomic E-state index is 0.184. The summed E-state index contributed by atoms with van der Waals surface area (Å²) in [6.07, 6.45) is 25.3. The van der Waals surface area contributed by atoms with Crippen LogP contribution in [0.25, 0.3) is 0 Å². The van der Waals surface area contributed by atoms with Crippen LogP contribution >= 0.6 is 0 Å². The molecule has 0 radical (unpaired) electrons. The molecule has 0 bridgehead atoms. The fourth-order valence-electron chi connectivity index (χ4n) is 1.92. The van der Waals surface area contributed by atoms with Crippen LogP contribution in [0.1, 0.15) is 51.9 Å². The van der Waals surface area contributed by atoms with Crippen molar-refractivity contribution < 1.29 is 19.7 Å². The van der Waals surface area contributed by atoms with Crippen LogP contribution in [0.4, 0.5) is 0 Å². The van der Waals surface area contributed by atoms with Crippen molar-refractivity contribution >= 4 is 5.97 Å². The van der Waals surface area contributed by atoms with Crippen molar-refractivity contribution in [2.75, 3.05) is 7.11 Å². The van der Waals surface area contributed by atoms with Gasteiger partial charge in [0, 0.05) is 6.42 Å². The second-order valence-electron chi connectivity index (χ2n) is 5.45. The quantitative estimate of drug-likeness (QED) is 0.112. The molecule has 0 fully saturated rings. The average Bonchev–Trinajstić information content (AvgIpc) is 2.63. The largest absolute Gasteiger partial charge is 0.469 e. The van der Waals surface area contributed by atoms with Gasteiger partial charge in [0.25, 0.3) is 0 Å². The highest BCUT2D eigenvalue weighted by molar-refractivity contribution is 5.69. The van der Waals surface area contributed by atoms with Crippen LogP contribution in [0.5, 0.6) is 0 Å². The van der Waals surface area contributed by atoms with Crippen LogP contribution < -0.4 is 0 Å². The summed E-state index contributed by atoms with van der Waals surface area (Å²) in [5, 5.41) is 8.90. The number of rotatable bonds is 14. The Balaban J connectivity index is 3.87. The standard InChI is InChI=1S/C21H32O4/c1-3-4-5-6-7-8-9-11-14-17-20(25-23)18-15-12-10-13-16-19-21(22)24-2/h4-5,7-8,10-12,14-15,18,20,23H,3,6,9,13,16-17,19H2,1-2H3/b5-4+,8-7+,12-10+,14-11+,18-15+. The second-order valence-corrected chi connectivity index (χ2v) is 5.45. The number of hydrogen-bond acceptors (Lipinski definition) is 4. The van der Waals surface area contributed by atoms with Gasteiger partial charge in [-0.05, 0) is 38.5 Å². The van der Waals surface area contributed by atoms with Gasteiger partial charge in [0.05, 0.1) is 7.11 Å². The number of methoxy groups -OCH3 is 1. The Morgan fingerprint density at radius 3 is 2.32 bits per heavy atom. The summed E-state index contributed by atoms with van der Waals surface area (Å²) < 4.78 is 4.57. The lowest BCUT2D eigenvalue weighted by atomic mass is 10.2. The fourth-order valence-corrected chi connectivity index (χ4v) is 1.92. The van der Waals surface area contributed by atoms with Gasteiger partial charge in [0.2, 0.25) is 0 Å². The molecule has 0 aromatic rings. The van der Waals surface area contributed by atoms with E-state index in [9.17, 15) is 4.79 Å². The molecule has 0 amide bonds. The zero-order valence-corrected chi connectivity index (χ0v) is 15.5. The Morgan fingerprint density at radius 1 is 1.00 bits per heavy atom. The van der Waals surface area contributed by atoms with E-state index in [1.54, 1.807) is 6.08 Å². The predicted molar refractivity (Wildman–Crippen MR) is 103 cm³/mol. The fraction of sp³-hybridized carbons (Fsp3) is 0.476. The Bertz CT molecular complexity index is 459. The molecule has 1 unspecified atom stereocenters. The zero-order valence-electron chi connectivity index (χ0n) is 15.5. The van der Waals surface area contributed by atoms with Gasteiger partial charge in [-0.3, -0.25) is 10.1 Å². The molecule has 0 spiro atoms. The van der Waals surface area contributed by atoms with Gasteiger partial charge in [-0.15, -0.1) is 0 Å². The van der Waals surface area contributed by atoms with E-state index in [-0.39, 0.29) is 12.1 Å². The van der Waals surface area contributed by atoms with Crippen molar-refractivity contribution in [3.8, 4) is 0 Å². The van der Waals surface area contributed by atoms with Crippen molar-refractivity contribution in [3.05, 3.63) is 60.8 Å². The Hall–Kier alpha value is -1.91. The van der Waals surface area contributed by atoms with Gasteiger partial charge in [0.15, 0.2) is 0 Å². The maximum atomic E-state index is 10.9. The minimum atomic E-state index is -0.354. The number of carbonyl (C=O) groups is 1. The minimum Gasteiger partial charge on any atom is -0.469 e. The number of carbonyl (C=O) groups excluding carboxylic acids is 1. The molecule has 1 atom stereocenters. The summed E-state index contributed by atoms with van der Waals surface area (Å²) in [5.74, 6) is -0.184. The molecular weight excluding hydrogens is 316 g/mol. The van der Waals surface area contributed by atoms with E-state index in [2.05, 4.69) is 46.9 Å². The third-order valence-corrected chi connectivity index (χ3v) is 3.34. The van der Waals surface area contributed by atoms with E-state index >= 15 is 0 Å². The first kappa shape index (κ1) is 23.1. The molecule has 0 saturated carbocycles. The summed E-state index contributed by atoms with van der Waals surface area (Å²) in [7, 11) is 1.39. The lowest BCUT2D eigenvalue weighted by Crippen LogP contribution is -2.04. The Kier molecular flexibility index (Phi) is 17.0. The van der Waals surface area contributed by atoms with Crippen molar-refractivity contribution in [2.24, 2.45) is 0 Å². The van der Waals surface area contributed by atoms with E-state index in [0.717, 1.165) is 32.1 Å². The van der Waals surface area contributed by atoms with Crippen molar-refractivity contribution in [3.63, 3.8) is 0 Å². The SMILES string of the molecule is CC/C=C/C/C=C/C/C=C/CC(/C=C/C=C/CCCC(=O)OC)OO. The highest BCUT2D eigenvalue weighted by Gasteiger charge is 2.00. The monoisotopic (exact) mass is 348 g/mol. The highest BCUT2D eigenvalue weighted by Crippen LogP contribution is 2.03. The summed E-state index contributed by atoms with van der Waals surface area (Å²) in [6, 6.07) is 0. The summed E-state index contributed by atoms with van der Waals surface area (Å²) in [6.45, 7) is 2.12. The molecule has 0 rings (SSSR count). The van der Waals surface area contributed by atoms with Crippen LogP contribution in [0, 0.1) is 0 Å². The van der Waals surface area contributed by atoms with Crippen molar-refractivity contribution in [1.82, 2.24) is 0 Å². The van der Waals surface area contributed by atoms with Gasteiger partial charge in [-0.2, -0.15) is 0 Å². The number of unbranched alkanes of at least 4 members (excludes halogenated alkanes) is 1. The molecule has 4 heteroatoms. The summed E-state index contributed by atoms with van der Waals surface area (Å²) >= 11 is 0. The summed E-state index contributed by atoms with van der Waals surface area (Å²) in [4.78, 5) is 15.4. The van der Waals surface area contributed by atoms with Crippen molar-refractivity contribution in [2.45, 2.75) is 58.0 Å². The normalized spacial score (nSPS) is 13.9. The highest BCUT2D eigenvalue weighted by atomic mass is 17.1. The van der Waals surface area contributed by atoms with Crippen LogP contribution in [0.3, 0.4) is 0 Å². The van der Waals surface area contributed by atoms with Crippen LogP contribution in [0.15, 0.2) is 60.8 Å². The first-order chi connectivity index (χ1) is 12.2. The first-order valence-corrected chi connectivity index (χ1v) is 8.89. The lowest BCUT2D eigenvalue weighted by molar-refractivity contribution is -0.264. The van der Waals surface area contributed by atoms with Crippen molar-refractivity contribution in [1.29, 1.82) is 0 Å². The summed E-state index contributed by atoms with van der Waals surface area (Å²) in [5.41, 5.74) is 0. The third-order valence-electron chi connectivity index (χ3n) is 3.34. The number of esters is 1. The molecule has 0 aromatic heterocycles. The van der Waals surface area contributed by atoms with Crippen LogP contribution in [0.2, 0.25) is 0 Å². The van der Waals surface area contributed by atoms with E-state index in [1.807, 2.05) is 24.3 Å². The molecule has 4 nitrogen and oxygen atoms in total. The van der Waals surface area contributed by atoms with E-state index in [0.29, 0.717) is 12.8 Å². The third kappa shape index (κ3) is 16.7. The lowest BCUT2D eigenvalue weighted by Gasteiger charge is -2.03. The molecule has 140 valence electrons. The van der Waals surface area contributed by atoms with Crippen LogP contribution in [-0.4, -0.2) is 24.4 Å². The van der Waals surface area contributed by atoms with Gasteiger partial charge in [-0.1, -0.05) is 67.7 Å². The smallest absolute Gasteiger partial charge is 0.305 e. The molecular formula is C21H32O4. The predicted octanol–water partition coefficient (Wildman–Crippen LogP) is 5.55. The molecule has 0 aliphatic heterocycles. The topological polar surface area (TPSA) is 55.8 Å². The molecule has 25 heavy (non-hydrogen) atoms. The van der Waals surface area contributed by atoms with Gasteiger partial charge < -0.3 is 4.74 Å². The van der Waals surface area contributed by atoms with Gasteiger partial charge in [-0.25, -0.2) is 4.89 Å². The van der Waals surface area contributed by atoms with Gasteiger partial charge in [0.1, 0.15) is 6.10 Å². The first-order valence-electron chi connectivity index (χ1n) is 8.89. The molecule has 1 N–H and O–H groups in total. The maximum absolute atomic E-state index is 10.9. The Labute approximate surface area is 152 Å². The van der Waals surface area contributed by atoms with E-state index in [4.69, 9.17) is 5.26 Å². The number of allylic oxidation sites excluding steroid dienone is 8. The number of ether oxygens (including phenoxy) is 1. The average molecular weight is 348 g/mol. The van der Waals surface area contributed by atoms with Gasteiger partial charge >= 0.3 is 5.97 Å². The Morgan fingerprint density at radius 2 is 1.68 bits per heavy atom. The molecule has 0 heterocycles.